The number of fused-ring (bicyclic) bond motifs is 2. The van der Waals surface area contributed by atoms with E-state index in [1.807, 2.05) is 23.1 Å². The zero-order chi connectivity index (χ0) is 20.5. The number of hydrogen-bond donors (Lipinski definition) is 2. The maximum atomic E-state index is 12.8. The number of amides is 3. The fraction of sp³-hybridized carbons (Fsp3) is 0.348. The van der Waals surface area contributed by atoms with Crippen LogP contribution >= 0.6 is 11.3 Å². The summed E-state index contributed by atoms with van der Waals surface area (Å²) >= 11 is 1.49. The van der Waals surface area contributed by atoms with Crippen LogP contribution in [-0.2, 0) is 24.3 Å². The van der Waals surface area contributed by atoms with E-state index in [9.17, 15) is 9.59 Å². The summed E-state index contributed by atoms with van der Waals surface area (Å²) in [6, 6.07) is 14.3. The normalized spacial score (nSPS) is 16.1. The number of carbonyl (C=O) groups excluding carboxylic acids is 2. The van der Waals surface area contributed by atoms with Crippen molar-refractivity contribution in [2.45, 2.75) is 38.8 Å². The number of hydrogen-bond acceptors (Lipinski definition) is 4. The summed E-state index contributed by atoms with van der Waals surface area (Å²) in [5.41, 5.74) is 2.11. The Hall–Kier alpha value is -2.93. The molecule has 7 heteroatoms. The highest BCUT2D eigenvalue weighted by Crippen LogP contribution is 2.31. The number of rotatable bonds is 4. The van der Waals surface area contributed by atoms with Crippen molar-refractivity contribution >= 4 is 39.2 Å². The Balaban J connectivity index is 1.21. The van der Waals surface area contributed by atoms with Crippen molar-refractivity contribution in [1.82, 2.24) is 15.2 Å². The second kappa shape index (κ2) is 8.07. The Bertz CT molecular complexity index is 1100. The number of thiazole rings is 1. The molecule has 1 saturated carbocycles. The first-order valence-corrected chi connectivity index (χ1v) is 11.3. The molecule has 1 aromatic heterocycles. The summed E-state index contributed by atoms with van der Waals surface area (Å²) in [6.07, 6.45) is 3.80. The van der Waals surface area contributed by atoms with Crippen LogP contribution in [0.2, 0.25) is 0 Å². The molecule has 0 spiro atoms. The average Bonchev–Trinajstić information content (AvgIpc) is 3.11. The van der Waals surface area contributed by atoms with E-state index in [2.05, 4.69) is 39.9 Å². The van der Waals surface area contributed by atoms with Crippen LogP contribution in [0.5, 0.6) is 0 Å². The molecule has 2 N–H and O–H groups in total. The molecule has 1 fully saturated rings. The van der Waals surface area contributed by atoms with E-state index < -0.39 is 0 Å². The van der Waals surface area contributed by atoms with E-state index in [1.54, 1.807) is 0 Å². The molecule has 0 bridgehead atoms. The van der Waals surface area contributed by atoms with Crippen molar-refractivity contribution in [2.24, 2.45) is 5.92 Å². The summed E-state index contributed by atoms with van der Waals surface area (Å²) in [7, 11) is 0. The highest BCUT2D eigenvalue weighted by molar-refractivity contribution is 7.15. The lowest BCUT2D eigenvalue weighted by atomic mass is 9.85. The second-order valence-electron chi connectivity index (χ2n) is 7.97. The Morgan fingerprint density at radius 1 is 1.13 bits per heavy atom. The van der Waals surface area contributed by atoms with Gasteiger partial charge in [-0.2, -0.15) is 0 Å². The maximum Gasteiger partial charge on any atom is 0.318 e. The molecule has 0 radical (unpaired) electrons. The Labute approximate surface area is 179 Å². The van der Waals surface area contributed by atoms with Crippen molar-refractivity contribution in [3.05, 3.63) is 58.6 Å². The van der Waals surface area contributed by atoms with Crippen LogP contribution < -0.4 is 10.6 Å². The Kier molecular flexibility index (Phi) is 5.12. The van der Waals surface area contributed by atoms with E-state index in [1.165, 1.54) is 16.7 Å². The summed E-state index contributed by atoms with van der Waals surface area (Å²) in [5.74, 6) is 0.222. The molecule has 0 saturated heterocycles. The standard InChI is InChI=1S/C23H24N4O2S/c28-21(16-7-4-8-16)26-22-25-19-11-12-27(14-20(19)30-22)23(29)24-13-17-9-3-6-15-5-1-2-10-18(15)17/h1-3,5-6,9-10,16H,4,7-8,11-14H2,(H,24,29)(H,25,26,28). The van der Waals surface area contributed by atoms with E-state index >= 15 is 0 Å². The van der Waals surface area contributed by atoms with E-state index in [-0.39, 0.29) is 17.9 Å². The molecule has 0 unspecified atom stereocenters. The van der Waals surface area contributed by atoms with Gasteiger partial charge in [-0.25, -0.2) is 9.78 Å². The SMILES string of the molecule is O=C(Nc1nc2c(s1)CN(C(=O)NCc1cccc3ccccc13)CC2)C1CCC1. The lowest BCUT2D eigenvalue weighted by Gasteiger charge is -2.26. The van der Waals surface area contributed by atoms with Gasteiger partial charge in [-0.3, -0.25) is 4.79 Å². The van der Waals surface area contributed by atoms with Gasteiger partial charge in [-0.15, -0.1) is 0 Å². The minimum atomic E-state index is -0.0676. The molecule has 2 heterocycles. The van der Waals surface area contributed by atoms with Gasteiger partial charge in [-0.1, -0.05) is 60.2 Å². The minimum Gasteiger partial charge on any atom is -0.334 e. The lowest BCUT2D eigenvalue weighted by Crippen LogP contribution is -2.42. The molecule has 30 heavy (non-hydrogen) atoms. The molecule has 3 aromatic rings. The molecule has 3 amide bonds. The van der Waals surface area contributed by atoms with Gasteiger partial charge in [0.1, 0.15) is 0 Å². The molecule has 2 aliphatic rings. The van der Waals surface area contributed by atoms with Crippen LogP contribution in [0.25, 0.3) is 10.8 Å². The van der Waals surface area contributed by atoms with Crippen LogP contribution in [0.1, 0.15) is 35.4 Å². The smallest absolute Gasteiger partial charge is 0.318 e. The minimum absolute atomic E-state index is 0.0676. The summed E-state index contributed by atoms with van der Waals surface area (Å²) in [4.78, 5) is 32.4. The van der Waals surface area contributed by atoms with E-state index in [4.69, 9.17) is 0 Å². The number of nitrogens with zero attached hydrogens (tertiary/aromatic N) is 2. The molecule has 154 valence electrons. The molecule has 1 aliphatic heterocycles. The molecular weight excluding hydrogens is 396 g/mol. The number of carbonyl (C=O) groups is 2. The van der Waals surface area contributed by atoms with Gasteiger partial charge in [0.05, 0.1) is 12.2 Å². The van der Waals surface area contributed by atoms with Gasteiger partial charge >= 0.3 is 6.03 Å². The molecule has 6 nitrogen and oxygen atoms in total. The van der Waals surface area contributed by atoms with Crippen molar-refractivity contribution in [3.8, 4) is 0 Å². The fourth-order valence-corrected chi connectivity index (χ4v) is 5.06. The Morgan fingerprint density at radius 2 is 1.97 bits per heavy atom. The van der Waals surface area contributed by atoms with Gasteiger partial charge in [0.15, 0.2) is 5.13 Å². The highest BCUT2D eigenvalue weighted by Gasteiger charge is 2.28. The molecule has 0 atom stereocenters. The summed E-state index contributed by atoms with van der Waals surface area (Å²) in [6.45, 7) is 1.66. The predicted molar refractivity (Wildman–Crippen MR) is 118 cm³/mol. The van der Waals surface area contributed by atoms with Gasteiger partial charge in [-0.05, 0) is 29.2 Å². The first kappa shape index (κ1) is 19.1. The number of urea groups is 1. The largest absolute Gasteiger partial charge is 0.334 e. The first-order valence-electron chi connectivity index (χ1n) is 10.5. The lowest BCUT2D eigenvalue weighted by molar-refractivity contribution is -0.122. The quantitative estimate of drug-likeness (QED) is 0.661. The Morgan fingerprint density at radius 3 is 2.80 bits per heavy atom. The highest BCUT2D eigenvalue weighted by atomic mass is 32.1. The molecule has 5 rings (SSSR count). The number of aromatic nitrogens is 1. The zero-order valence-electron chi connectivity index (χ0n) is 16.7. The van der Waals surface area contributed by atoms with E-state index in [0.29, 0.717) is 31.2 Å². The third kappa shape index (κ3) is 3.77. The monoisotopic (exact) mass is 420 g/mol. The van der Waals surface area contributed by atoms with Crippen LogP contribution in [0.4, 0.5) is 9.93 Å². The van der Waals surface area contributed by atoms with E-state index in [0.717, 1.165) is 40.8 Å². The number of nitrogens with one attached hydrogen (secondary N) is 2. The topological polar surface area (TPSA) is 74.3 Å². The average molecular weight is 421 g/mol. The van der Waals surface area contributed by atoms with Crippen molar-refractivity contribution in [1.29, 1.82) is 0 Å². The molecule has 1 aliphatic carbocycles. The fourth-order valence-electron chi connectivity index (χ4n) is 4.03. The first-order chi connectivity index (χ1) is 14.7. The maximum absolute atomic E-state index is 12.8. The van der Waals surface area contributed by atoms with Gasteiger partial charge < -0.3 is 15.5 Å². The third-order valence-electron chi connectivity index (χ3n) is 6.03. The van der Waals surface area contributed by atoms with Crippen molar-refractivity contribution < 1.29 is 9.59 Å². The summed E-state index contributed by atoms with van der Waals surface area (Å²) in [5, 5.41) is 9.02. The van der Waals surface area contributed by atoms with Gasteiger partial charge in [0, 0.05) is 30.3 Å². The number of anilines is 1. The van der Waals surface area contributed by atoms with Gasteiger partial charge in [0.25, 0.3) is 0 Å². The van der Waals surface area contributed by atoms with Crippen LogP contribution in [0, 0.1) is 5.92 Å². The second-order valence-corrected chi connectivity index (χ2v) is 9.06. The summed E-state index contributed by atoms with van der Waals surface area (Å²) < 4.78 is 0. The van der Waals surface area contributed by atoms with Crippen LogP contribution in [0.3, 0.4) is 0 Å². The third-order valence-corrected chi connectivity index (χ3v) is 7.03. The molecule has 2 aromatic carbocycles. The molecular formula is C23H24N4O2S. The van der Waals surface area contributed by atoms with Crippen molar-refractivity contribution in [2.75, 3.05) is 11.9 Å². The van der Waals surface area contributed by atoms with Crippen molar-refractivity contribution in [3.63, 3.8) is 0 Å². The zero-order valence-corrected chi connectivity index (χ0v) is 17.5. The van der Waals surface area contributed by atoms with Crippen LogP contribution in [-0.4, -0.2) is 28.4 Å². The van der Waals surface area contributed by atoms with Crippen LogP contribution in [0.15, 0.2) is 42.5 Å². The number of benzene rings is 2. The predicted octanol–water partition coefficient (Wildman–Crippen LogP) is 4.30. The van der Waals surface area contributed by atoms with Gasteiger partial charge in [0.2, 0.25) is 5.91 Å².